The summed E-state index contributed by atoms with van der Waals surface area (Å²) in [4.78, 5) is 36.1. The van der Waals surface area contributed by atoms with Gasteiger partial charge in [0, 0.05) is 61.1 Å². The van der Waals surface area contributed by atoms with Crippen LogP contribution in [0.3, 0.4) is 0 Å². The Kier molecular flexibility index (Phi) is 7.66. The van der Waals surface area contributed by atoms with Crippen LogP contribution < -0.4 is 10.9 Å². The topological polar surface area (TPSA) is 71.7 Å². The molecular weight excluding hydrogens is 524 g/mol. The number of hydrogen-bond donors (Lipinski definition) is 2. The van der Waals surface area contributed by atoms with Crippen molar-refractivity contribution in [3.8, 4) is 11.3 Å². The zero-order valence-corrected chi connectivity index (χ0v) is 23.4. The number of piperidine rings is 1. The van der Waals surface area contributed by atoms with Gasteiger partial charge in [0.15, 0.2) is 0 Å². The van der Waals surface area contributed by atoms with E-state index in [0.717, 1.165) is 49.1 Å². The molecular formula is C32H37F2N5O2. The molecule has 6 rings (SSSR count). The second-order valence-corrected chi connectivity index (χ2v) is 11.7. The van der Waals surface area contributed by atoms with Gasteiger partial charge in [-0.15, -0.1) is 0 Å². The fraction of sp³-hybridized carbons (Fsp3) is 0.438. The molecule has 1 aromatic heterocycles. The van der Waals surface area contributed by atoms with Crippen LogP contribution in [0.25, 0.3) is 11.3 Å². The quantitative estimate of drug-likeness (QED) is 0.465. The second kappa shape index (κ2) is 11.4. The average Bonchev–Trinajstić information content (AvgIpc) is 2.98. The number of carbonyl (C=O) groups excluding carboxylic acids is 1. The Labute approximate surface area is 239 Å². The van der Waals surface area contributed by atoms with E-state index in [0.29, 0.717) is 44.7 Å². The van der Waals surface area contributed by atoms with Crippen molar-refractivity contribution in [3.05, 3.63) is 93.8 Å². The van der Waals surface area contributed by atoms with Gasteiger partial charge in [-0.2, -0.15) is 0 Å². The van der Waals surface area contributed by atoms with Crippen molar-refractivity contribution in [2.75, 3.05) is 33.2 Å². The molecule has 9 heteroatoms. The molecule has 2 aliphatic heterocycles. The molecule has 0 bridgehead atoms. The molecule has 0 unspecified atom stereocenters. The number of H-pyrrole nitrogens is 1. The lowest BCUT2D eigenvalue weighted by Crippen LogP contribution is -2.67. The van der Waals surface area contributed by atoms with Crippen LogP contribution in [0.2, 0.25) is 0 Å². The minimum atomic E-state index is -0.540. The Balaban J connectivity index is 1.19. The Bertz CT molecular complexity index is 1460. The molecule has 1 saturated carbocycles. The van der Waals surface area contributed by atoms with Crippen molar-refractivity contribution < 1.29 is 13.6 Å². The van der Waals surface area contributed by atoms with Crippen LogP contribution in [-0.2, 0) is 6.54 Å². The summed E-state index contributed by atoms with van der Waals surface area (Å²) in [5.41, 5.74) is 2.43. The van der Waals surface area contributed by atoms with Crippen LogP contribution in [-0.4, -0.2) is 70.5 Å². The highest BCUT2D eigenvalue weighted by Gasteiger charge is 2.48. The second-order valence-electron chi connectivity index (χ2n) is 11.7. The SMILES string of the molecule is CN[C@@H]1CCN(C(=O)N2CCN(Cc3ccc(-c4ccccc4)[nH]c3=O)C3(CCC3)C2)[C@H](c2cc(F)ccc2F)C1. The van der Waals surface area contributed by atoms with E-state index in [9.17, 15) is 18.4 Å². The summed E-state index contributed by atoms with van der Waals surface area (Å²) in [6, 6.07) is 16.6. The van der Waals surface area contributed by atoms with E-state index in [2.05, 4.69) is 15.2 Å². The first-order valence-corrected chi connectivity index (χ1v) is 14.6. The fourth-order valence-electron chi connectivity index (χ4n) is 6.81. The average molecular weight is 562 g/mol. The smallest absolute Gasteiger partial charge is 0.320 e. The number of pyridine rings is 1. The highest BCUT2D eigenvalue weighted by atomic mass is 19.1. The number of halogens is 2. The van der Waals surface area contributed by atoms with Gasteiger partial charge in [-0.25, -0.2) is 13.6 Å². The Hall–Kier alpha value is -3.56. The number of aromatic nitrogens is 1. The molecule has 41 heavy (non-hydrogen) atoms. The van der Waals surface area contributed by atoms with Crippen LogP contribution >= 0.6 is 0 Å². The molecule has 3 aliphatic rings. The van der Waals surface area contributed by atoms with Gasteiger partial charge in [0.25, 0.3) is 5.56 Å². The van der Waals surface area contributed by atoms with Crippen molar-refractivity contribution >= 4 is 6.03 Å². The molecule has 2 saturated heterocycles. The molecule has 216 valence electrons. The van der Waals surface area contributed by atoms with Gasteiger partial charge in [0.05, 0.1) is 6.04 Å². The van der Waals surface area contributed by atoms with Crippen LogP contribution in [0.1, 0.15) is 49.3 Å². The van der Waals surface area contributed by atoms with E-state index >= 15 is 0 Å². The lowest BCUT2D eigenvalue weighted by atomic mass is 9.73. The molecule has 3 heterocycles. The predicted octanol–water partition coefficient (Wildman–Crippen LogP) is 4.91. The van der Waals surface area contributed by atoms with Crippen molar-refractivity contribution in [2.45, 2.75) is 56.3 Å². The molecule has 3 fully saturated rings. The third-order valence-electron chi connectivity index (χ3n) is 9.36. The van der Waals surface area contributed by atoms with E-state index in [1.54, 1.807) is 4.90 Å². The van der Waals surface area contributed by atoms with Crippen LogP contribution in [0, 0.1) is 11.6 Å². The summed E-state index contributed by atoms with van der Waals surface area (Å²) >= 11 is 0. The van der Waals surface area contributed by atoms with Crippen molar-refractivity contribution in [1.29, 1.82) is 0 Å². The Morgan fingerprint density at radius 3 is 2.56 bits per heavy atom. The molecule has 7 nitrogen and oxygen atoms in total. The van der Waals surface area contributed by atoms with Crippen molar-refractivity contribution in [1.82, 2.24) is 25.0 Å². The Morgan fingerprint density at radius 1 is 1.05 bits per heavy atom. The first-order valence-electron chi connectivity index (χ1n) is 14.6. The number of nitrogens with zero attached hydrogens (tertiary/aromatic N) is 3. The third-order valence-corrected chi connectivity index (χ3v) is 9.36. The number of urea groups is 1. The number of benzene rings is 2. The van der Waals surface area contributed by atoms with Gasteiger partial charge in [0.2, 0.25) is 0 Å². The maximum Gasteiger partial charge on any atom is 0.320 e. The number of carbonyl (C=O) groups is 1. The summed E-state index contributed by atoms with van der Waals surface area (Å²) in [6.07, 6.45) is 4.27. The highest BCUT2D eigenvalue weighted by Crippen LogP contribution is 2.42. The number of rotatable bonds is 5. The van der Waals surface area contributed by atoms with Gasteiger partial charge in [-0.3, -0.25) is 9.69 Å². The van der Waals surface area contributed by atoms with E-state index in [-0.39, 0.29) is 28.7 Å². The molecule has 0 radical (unpaired) electrons. The summed E-state index contributed by atoms with van der Waals surface area (Å²) in [6.45, 7) is 2.73. The summed E-state index contributed by atoms with van der Waals surface area (Å²) in [5, 5.41) is 3.25. The number of hydrogen-bond acceptors (Lipinski definition) is 4. The first-order chi connectivity index (χ1) is 19.9. The van der Waals surface area contributed by atoms with Crippen molar-refractivity contribution in [2.24, 2.45) is 0 Å². The lowest BCUT2D eigenvalue weighted by molar-refractivity contribution is -0.0516. The minimum absolute atomic E-state index is 0.0910. The third kappa shape index (κ3) is 5.40. The van der Waals surface area contributed by atoms with Gasteiger partial charge in [-0.05, 0) is 69.0 Å². The number of amides is 2. The molecule has 2 N–H and O–H groups in total. The van der Waals surface area contributed by atoms with Crippen molar-refractivity contribution in [3.63, 3.8) is 0 Å². The molecule has 2 aromatic carbocycles. The van der Waals surface area contributed by atoms with E-state index in [4.69, 9.17) is 0 Å². The van der Waals surface area contributed by atoms with E-state index < -0.39 is 17.7 Å². The normalized spacial score (nSPS) is 22.5. The molecule has 1 aliphatic carbocycles. The van der Waals surface area contributed by atoms with Gasteiger partial charge < -0.3 is 20.1 Å². The maximum absolute atomic E-state index is 14.9. The number of nitrogens with one attached hydrogen (secondary N) is 2. The van der Waals surface area contributed by atoms with Gasteiger partial charge in [0.1, 0.15) is 11.6 Å². The van der Waals surface area contributed by atoms with Crippen LogP contribution in [0.5, 0.6) is 0 Å². The van der Waals surface area contributed by atoms with Crippen LogP contribution in [0.15, 0.2) is 65.5 Å². The van der Waals surface area contributed by atoms with Crippen LogP contribution in [0.4, 0.5) is 13.6 Å². The van der Waals surface area contributed by atoms with Gasteiger partial charge in [-0.1, -0.05) is 36.4 Å². The highest BCUT2D eigenvalue weighted by molar-refractivity contribution is 5.75. The van der Waals surface area contributed by atoms with E-state index in [1.165, 1.54) is 6.07 Å². The molecule has 1 spiro atoms. The fourth-order valence-corrected chi connectivity index (χ4v) is 6.81. The zero-order valence-electron chi connectivity index (χ0n) is 23.4. The largest absolute Gasteiger partial charge is 0.322 e. The minimum Gasteiger partial charge on any atom is -0.322 e. The monoisotopic (exact) mass is 561 g/mol. The summed E-state index contributed by atoms with van der Waals surface area (Å²) in [7, 11) is 1.86. The number of likely N-dealkylation sites (tertiary alicyclic amines) is 1. The first kappa shape index (κ1) is 27.6. The zero-order chi connectivity index (χ0) is 28.6. The Morgan fingerprint density at radius 2 is 1.85 bits per heavy atom. The standard InChI is InChI=1S/C32H37F2N5O2/c1-35-25-12-15-39(29(19-25)26-18-24(33)9-10-27(26)34)31(41)37-16-17-38(32(21-37)13-5-14-32)20-23-8-11-28(36-30(23)40)22-6-3-2-4-7-22/h2-4,6-11,18,25,29,35H,5,12-17,19-21H2,1H3,(H,36,40)/t25-,29+/m1/s1. The predicted molar refractivity (Wildman–Crippen MR) is 154 cm³/mol. The number of aromatic amines is 1. The number of piperazine rings is 1. The molecule has 2 amide bonds. The van der Waals surface area contributed by atoms with E-state index in [1.807, 2.05) is 54.4 Å². The molecule has 2 atom stereocenters. The molecule has 3 aromatic rings. The van der Waals surface area contributed by atoms with Gasteiger partial charge >= 0.3 is 6.03 Å². The summed E-state index contributed by atoms with van der Waals surface area (Å²) < 4.78 is 29.0. The maximum atomic E-state index is 14.9. The lowest BCUT2D eigenvalue weighted by Gasteiger charge is -2.56. The summed E-state index contributed by atoms with van der Waals surface area (Å²) in [5.74, 6) is -0.996.